The molecule has 1 aromatic rings. The van der Waals surface area contributed by atoms with E-state index < -0.39 is 17.5 Å². The summed E-state index contributed by atoms with van der Waals surface area (Å²) in [5, 5.41) is 12.9. The first kappa shape index (κ1) is 15.8. The second-order valence-electron chi connectivity index (χ2n) is 5.61. The Labute approximate surface area is 121 Å². The molecule has 21 heavy (non-hydrogen) atoms. The molecular weight excluding hydrogens is 285 g/mol. The average molecular weight is 304 g/mol. The predicted molar refractivity (Wildman–Crippen MR) is 73.3 cm³/mol. The molecule has 0 aromatic carbocycles. The van der Waals surface area contributed by atoms with Gasteiger partial charge in [-0.25, -0.2) is 4.98 Å². The first-order chi connectivity index (χ1) is 9.70. The molecule has 0 radical (unpaired) electrons. The largest absolute Gasteiger partial charge is 0.433 e. The summed E-state index contributed by atoms with van der Waals surface area (Å²) < 4.78 is 38.5. The van der Waals surface area contributed by atoms with Gasteiger partial charge in [0, 0.05) is 26.7 Å². The Balaban J connectivity index is 2.19. The van der Waals surface area contributed by atoms with Crippen LogP contribution in [0, 0.1) is 0 Å². The highest BCUT2D eigenvalue weighted by Crippen LogP contribution is 2.31. The molecule has 1 aromatic heterocycles. The molecule has 0 atom stereocenters. The number of hydrogen-bond acceptors (Lipinski definition) is 5. The first-order valence-electron chi connectivity index (χ1n) is 6.79. The molecule has 1 heterocycles. The molecule has 1 aliphatic carbocycles. The van der Waals surface area contributed by atoms with Crippen molar-refractivity contribution in [2.75, 3.05) is 30.9 Å². The Morgan fingerprint density at radius 2 is 1.90 bits per heavy atom. The highest BCUT2D eigenvalue weighted by molar-refractivity contribution is 5.44. The maximum Gasteiger partial charge on any atom is 0.433 e. The number of alkyl halides is 3. The molecule has 5 nitrogen and oxygen atoms in total. The zero-order valence-corrected chi connectivity index (χ0v) is 12.0. The Morgan fingerprint density at radius 1 is 1.29 bits per heavy atom. The first-order valence-corrected chi connectivity index (χ1v) is 6.79. The minimum Gasteiger partial charge on any atom is -0.388 e. The summed E-state index contributed by atoms with van der Waals surface area (Å²) in [6.07, 6.45) is -1.41. The Hall–Kier alpha value is -1.57. The van der Waals surface area contributed by atoms with Gasteiger partial charge in [-0.3, -0.25) is 0 Å². The summed E-state index contributed by atoms with van der Waals surface area (Å²) in [5.74, 6) is 0.0482. The van der Waals surface area contributed by atoms with Gasteiger partial charge >= 0.3 is 6.18 Å². The lowest BCUT2D eigenvalue weighted by Crippen LogP contribution is -2.34. The van der Waals surface area contributed by atoms with Crippen molar-refractivity contribution in [3.05, 3.63) is 11.8 Å². The second-order valence-corrected chi connectivity index (χ2v) is 5.61. The lowest BCUT2D eigenvalue weighted by molar-refractivity contribution is -0.141. The van der Waals surface area contributed by atoms with Crippen molar-refractivity contribution < 1.29 is 18.3 Å². The van der Waals surface area contributed by atoms with Gasteiger partial charge in [-0.1, -0.05) is 12.8 Å². The van der Waals surface area contributed by atoms with Gasteiger partial charge in [0.05, 0.1) is 5.60 Å². The molecule has 1 saturated carbocycles. The molecule has 0 amide bonds. The average Bonchev–Trinajstić information content (AvgIpc) is 2.82. The van der Waals surface area contributed by atoms with E-state index >= 15 is 0 Å². The van der Waals surface area contributed by atoms with Gasteiger partial charge in [-0.15, -0.1) is 0 Å². The van der Waals surface area contributed by atoms with Crippen LogP contribution < -0.4 is 10.2 Å². The van der Waals surface area contributed by atoms with Crippen LogP contribution in [0.1, 0.15) is 31.4 Å². The number of aliphatic hydroxyl groups is 1. The van der Waals surface area contributed by atoms with Crippen LogP contribution in [0.2, 0.25) is 0 Å². The Bertz CT molecular complexity index is 499. The fourth-order valence-corrected chi connectivity index (χ4v) is 2.34. The van der Waals surface area contributed by atoms with Crippen LogP contribution in [0.5, 0.6) is 0 Å². The molecule has 8 heteroatoms. The molecule has 1 fully saturated rings. The van der Waals surface area contributed by atoms with Crippen molar-refractivity contribution in [3.8, 4) is 0 Å². The fraction of sp³-hybridized carbons (Fsp3) is 0.692. The Kier molecular flexibility index (Phi) is 4.27. The summed E-state index contributed by atoms with van der Waals surface area (Å²) in [6, 6.07) is 0.898. The molecule has 0 bridgehead atoms. The highest BCUT2D eigenvalue weighted by atomic mass is 19.4. The molecule has 2 N–H and O–H groups in total. The molecule has 2 rings (SSSR count). The van der Waals surface area contributed by atoms with Gasteiger partial charge in [0.25, 0.3) is 0 Å². The number of nitrogens with one attached hydrogen (secondary N) is 1. The number of aromatic nitrogens is 2. The monoisotopic (exact) mass is 304 g/mol. The van der Waals surface area contributed by atoms with Crippen LogP contribution in [0.4, 0.5) is 24.9 Å². The summed E-state index contributed by atoms with van der Waals surface area (Å²) in [4.78, 5) is 9.00. The second kappa shape index (κ2) is 5.67. The fourth-order valence-electron chi connectivity index (χ4n) is 2.34. The smallest absolute Gasteiger partial charge is 0.388 e. The maximum atomic E-state index is 12.8. The summed E-state index contributed by atoms with van der Waals surface area (Å²) in [7, 11) is 3.22. The van der Waals surface area contributed by atoms with Crippen molar-refractivity contribution in [3.63, 3.8) is 0 Å². The van der Waals surface area contributed by atoms with Gasteiger partial charge in [0.1, 0.15) is 5.82 Å². The van der Waals surface area contributed by atoms with Gasteiger partial charge in [-0.05, 0) is 12.8 Å². The SMILES string of the molecule is CN(C)c1cc(C(F)(F)F)nc(NCC2(O)CCCC2)n1. The summed E-state index contributed by atoms with van der Waals surface area (Å²) in [6.45, 7) is 0.154. The number of hydrogen-bond donors (Lipinski definition) is 2. The summed E-state index contributed by atoms with van der Waals surface area (Å²) >= 11 is 0. The van der Waals surface area contributed by atoms with E-state index in [4.69, 9.17) is 0 Å². The number of anilines is 2. The van der Waals surface area contributed by atoms with Crippen LogP contribution >= 0.6 is 0 Å². The van der Waals surface area contributed by atoms with E-state index in [-0.39, 0.29) is 18.3 Å². The van der Waals surface area contributed by atoms with Crippen molar-refractivity contribution >= 4 is 11.8 Å². The molecule has 118 valence electrons. The van der Waals surface area contributed by atoms with Crippen LogP contribution in [0.3, 0.4) is 0 Å². The number of halogens is 3. The quantitative estimate of drug-likeness (QED) is 0.893. The minimum atomic E-state index is -4.53. The van der Waals surface area contributed by atoms with E-state index in [0.29, 0.717) is 12.8 Å². The molecule has 0 saturated heterocycles. The van der Waals surface area contributed by atoms with Gasteiger partial charge in [0.2, 0.25) is 5.95 Å². The van der Waals surface area contributed by atoms with Crippen LogP contribution in [-0.4, -0.2) is 41.3 Å². The van der Waals surface area contributed by atoms with Crippen LogP contribution in [0.25, 0.3) is 0 Å². The molecular formula is C13H19F3N4O. The summed E-state index contributed by atoms with van der Waals surface area (Å²) in [5.41, 5.74) is -1.88. The van der Waals surface area contributed by atoms with E-state index in [1.54, 1.807) is 14.1 Å². The zero-order valence-electron chi connectivity index (χ0n) is 12.0. The molecule has 0 aliphatic heterocycles. The normalized spacial score (nSPS) is 17.8. The van der Waals surface area contributed by atoms with Crippen molar-refractivity contribution in [1.29, 1.82) is 0 Å². The maximum absolute atomic E-state index is 12.8. The van der Waals surface area contributed by atoms with Gasteiger partial charge in [0.15, 0.2) is 5.69 Å². The molecule has 0 spiro atoms. The van der Waals surface area contributed by atoms with Crippen molar-refractivity contribution in [2.24, 2.45) is 0 Å². The van der Waals surface area contributed by atoms with Gasteiger partial charge in [-0.2, -0.15) is 18.2 Å². The highest BCUT2D eigenvalue weighted by Gasteiger charge is 2.35. The zero-order chi connectivity index (χ0) is 15.7. The van der Waals surface area contributed by atoms with Crippen molar-refractivity contribution in [2.45, 2.75) is 37.5 Å². The van der Waals surface area contributed by atoms with E-state index in [1.807, 2.05) is 0 Å². The number of rotatable bonds is 4. The van der Waals surface area contributed by atoms with E-state index in [0.717, 1.165) is 18.9 Å². The van der Waals surface area contributed by atoms with E-state index in [2.05, 4.69) is 15.3 Å². The third kappa shape index (κ3) is 3.96. The Morgan fingerprint density at radius 3 is 2.43 bits per heavy atom. The minimum absolute atomic E-state index is 0.117. The molecule has 0 unspecified atom stereocenters. The topological polar surface area (TPSA) is 61.3 Å². The van der Waals surface area contributed by atoms with E-state index in [9.17, 15) is 18.3 Å². The van der Waals surface area contributed by atoms with E-state index in [1.165, 1.54) is 4.90 Å². The third-order valence-electron chi connectivity index (χ3n) is 3.57. The third-order valence-corrected chi connectivity index (χ3v) is 3.57. The lowest BCUT2D eigenvalue weighted by Gasteiger charge is -2.23. The lowest BCUT2D eigenvalue weighted by atomic mass is 10.0. The molecule has 1 aliphatic rings. The van der Waals surface area contributed by atoms with Gasteiger partial charge < -0.3 is 15.3 Å². The number of nitrogens with zero attached hydrogens (tertiary/aromatic N) is 3. The predicted octanol–water partition coefficient (Wildman–Crippen LogP) is 2.28. The van der Waals surface area contributed by atoms with Crippen LogP contribution in [0.15, 0.2) is 6.07 Å². The standard InChI is InChI=1S/C13H19F3N4O/c1-20(2)10-7-9(13(14,15)16)18-11(19-10)17-8-12(21)5-3-4-6-12/h7,21H,3-6,8H2,1-2H3,(H,17,18,19). The van der Waals surface area contributed by atoms with Crippen molar-refractivity contribution in [1.82, 2.24) is 9.97 Å². The van der Waals surface area contributed by atoms with Crippen LogP contribution in [-0.2, 0) is 6.18 Å².